The number of terminal acetylenes is 1. The molecule has 1 aromatic rings. The first-order chi connectivity index (χ1) is 14.0. The summed E-state index contributed by atoms with van der Waals surface area (Å²) in [7, 11) is 0. The van der Waals surface area contributed by atoms with E-state index in [1.807, 2.05) is 6.07 Å². The Bertz CT molecular complexity index is 927. The van der Waals surface area contributed by atoms with Crippen molar-refractivity contribution in [2.24, 2.45) is 0 Å². The topological polar surface area (TPSA) is 90.0 Å². The van der Waals surface area contributed by atoms with Crippen LogP contribution in [0.15, 0.2) is 18.2 Å². The average Bonchev–Trinajstić information content (AvgIpc) is 2.97. The molecule has 0 bridgehead atoms. The molecule has 4 rings (SSSR count). The molecule has 0 spiro atoms. The van der Waals surface area contributed by atoms with Gasteiger partial charge >= 0.3 is 0 Å². The number of piperazine rings is 1. The number of fused-ring (bicyclic) bond motifs is 1. The summed E-state index contributed by atoms with van der Waals surface area (Å²) < 4.78 is 0. The number of carbonyl (C=O) groups is 4. The van der Waals surface area contributed by atoms with Crippen LogP contribution < -0.4 is 10.2 Å². The number of hydrogen-bond acceptors (Lipinski definition) is 6. The van der Waals surface area contributed by atoms with E-state index in [2.05, 4.69) is 21.0 Å². The van der Waals surface area contributed by atoms with Crippen LogP contribution in [0.2, 0.25) is 0 Å². The van der Waals surface area contributed by atoms with E-state index in [1.54, 1.807) is 12.1 Å². The largest absolute Gasteiger partial charge is 0.369 e. The molecule has 0 saturated carbocycles. The summed E-state index contributed by atoms with van der Waals surface area (Å²) in [4.78, 5) is 54.7. The minimum absolute atomic E-state index is 0.110. The fourth-order valence-electron chi connectivity index (χ4n) is 4.11. The number of nitrogens with one attached hydrogen (secondary N) is 1. The number of anilines is 1. The van der Waals surface area contributed by atoms with Gasteiger partial charge in [0.05, 0.1) is 11.1 Å². The second-order valence-electron chi connectivity index (χ2n) is 7.46. The molecule has 3 aliphatic heterocycles. The molecule has 2 fully saturated rings. The van der Waals surface area contributed by atoms with Gasteiger partial charge in [0.2, 0.25) is 11.8 Å². The summed E-state index contributed by atoms with van der Waals surface area (Å²) >= 11 is 0. The normalized spacial score (nSPS) is 22.5. The Morgan fingerprint density at radius 2 is 1.76 bits per heavy atom. The number of piperidine rings is 1. The van der Waals surface area contributed by atoms with Crippen molar-refractivity contribution in [2.75, 3.05) is 37.6 Å². The number of benzene rings is 1. The smallest absolute Gasteiger partial charge is 0.262 e. The molecule has 1 atom stereocenters. The Labute approximate surface area is 168 Å². The molecule has 8 heteroatoms. The third-order valence-electron chi connectivity index (χ3n) is 5.73. The monoisotopic (exact) mass is 394 g/mol. The Morgan fingerprint density at radius 3 is 2.45 bits per heavy atom. The van der Waals surface area contributed by atoms with Gasteiger partial charge < -0.3 is 4.90 Å². The number of carbonyl (C=O) groups excluding carboxylic acids is 4. The molecule has 0 radical (unpaired) electrons. The zero-order valence-corrected chi connectivity index (χ0v) is 16.0. The maximum absolute atomic E-state index is 12.9. The highest BCUT2D eigenvalue weighted by Crippen LogP contribution is 2.31. The van der Waals surface area contributed by atoms with Gasteiger partial charge in [0.1, 0.15) is 6.04 Å². The van der Waals surface area contributed by atoms with Gasteiger partial charge in [-0.2, -0.15) is 0 Å². The van der Waals surface area contributed by atoms with Crippen LogP contribution in [0, 0.1) is 12.3 Å². The summed E-state index contributed by atoms with van der Waals surface area (Å²) in [6.45, 7) is 4.26. The molecule has 4 amide bonds. The zero-order valence-electron chi connectivity index (χ0n) is 16.0. The van der Waals surface area contributed by atoms with Gasteiger partial charge in [-0.3, -0.25) is 34.3 Å². The van der Waals surface area contributed by atoms with Crippen LogP contribution in [0.25, 0.3) is 0 Å². The summed E-state index contributed by atoms with van der Waals surface area (Å²) in [5, 5.41) is 2.21. The van der Waals surface area contributed by atoms with Gasteiger partial charge in [0.15, 0.2) is 0 Å². The first-order valence-electron chi connectivity index (χ1n) is 9.76. The summed E-state index contributed by atoms with van der Waals surface area (Å²) in [5.41, 5.74) is 1.50. The van der Waals surface area contributed by atoms with Crippen LogP contribution in [0.1, 0.15) is 40.0 Å². The SMILES string of the molecule is C#CCCN1CCN(c2ccc3c(c2)C(=O)N(C2CCC(=O)NC2=O)C3=O)CC1. The van der Waals surface area contributed by atoms with Crippen molar-refractivity contribution in [3.63, 3.8) is 0 Å². The van der Waals surface area contributed by atoms with Gasteiger partial charge in [-0.1, -0.05) is 0 Å². The molecular weight excluding hydrogens is 372 g/mol. The van der Waals surface area contributed by atoms with E-state index in [0.29, 0.717) is 11.1 Å². The molecule has 1 unspecified atom stereocenters. The molecule has 2 saturated heterocycles. The standard InChI is InChI=1S/C21H22N4O4/c1-2-3-8-23-9-11-24(12-10-23)14-4-5-15-16(13-14)21(29)25(20(15)28)17-6-7-18(26)22-19(17)27/h1,4-5,13,17H,3,6-12H2,(H,22,26,27). The van der Waals surface area contributed by atoms with Gasteiger partial charge in [-0.15, -0.1) is 12.3 Å². The molecule has 1 aromatic carbocycles. The first kappa shape index (κ1) is 19.2. The van der Waals surface area contributed by atoms with Gasteiger partial charge in [0, 0.05) is 51.3 Å². The second kappa shape index (κ2) is 7.68. The molecular formula is C21H22N4O4. The van der Waals surface area contributed by atoms with Crippen molar-refractivity contribution in [3.8, 4) is 12.3 Å². The fourth-order valence-corrected chi connectivity index (χ4v) is 4.11. The predicted molar refractivity (Wildman–Crippen MR) is 105 cm³/mol. The van der Waals surface area contributed by atoms with Crippen molar-refractivity contribution in [1.82, 2.24) is 15.1 Å². The minimum Gasteiger partial charge on any atom is -0.369 e. The molecule has 1 N–H and O–H groups in total. The Kier molecular flexibility index (Phi) is 5.07. The number of imide groups is 2. The van der Waals surface area contributed by atoms with E-state index in [-0.39, 0.29) is 18.7 Å². The fraction of sp³-hybridized carbons (Fsp3) is 0.429. The number of rotatable bonds is 4. The number of amides is 4. The van der Waals surface area contributed by atoms with Gasteiger partial charge in [-0.05, 0) is 24.6 Å². The zero-order chi connectivity index (χ0) is 20.5. The molecule has 3 heterocycles. The van der Waals surface area contributed by atoms with Crippen LogP contribution in [0.4, 0.5) is 5.69 Å². The highest BCUT2D eigenvalue weighted by Gasteiger charge is 2.44. The summed E-state index contributed by atoms with van der Waals surface area (Å²) in [5.74, 6) is 0.715. The van der Waals surface area contributed by atoms with Crippen LogP contribution in [-0.4, -0.2) is 72.2 Å². The van der Waals surface area contributed by atoms with E-state index < -0.39 is 23.8 Å². The molecule has 3 aliphatic rings. The number of nitrogens with zero attached hydrogens (tertiary/aromatic N) is 3. The second-order valence-corrected chi connectivity index (χ2v) is 7.46. The predicted octanol–water partition coefficient (Wildman–Crippen LogP) is 0.233. The summed E-state index contributed by atoms with van der Waals surface area (Å²) in [6, 6.07) is 4.29. The maximum atomic E-state index is 12.9. The lowest BCUT2D eigenvalue weighted by molar-refractivity contribution is -0.136. The molecule has 29 heavy (non-hydrogen) atoms. The van der Waals surface area contributed by atoms with E-state index in [4.69, 9.17) is 6.42 Å². The van der Waals surface area contributed by atoms with Gasteiger partial charge in [-0.25, -0.2) is 0 Å². The Hall–Kier alpha value is -3.18. The molecule has 8 nitrogen and oxygen atoms in total. The van der Waals surface area contributed by atoms with Crippen molar-refractivity contribution < 1.29 is 19.2 Å². The minimum atomic E-state index is -0.941. The van der Waals surface area contributed by atoms with Crippen LogP contribution >= 0.6 is 0 Å². The quantitative estimate of drug-likeness (QED) is 0.581. The molecule has 0 aromatic heterocycles. The van der Waals surface area contributed by atoms with E-state index in [9.17, 15) is 19.2 Å². The van der Waals surface area contributed by atoms with Crippen LogP contribution in [0.3, 0.4) is 0 Å². The first-order valence-corrected chi connectivity index (χ1v) is 9.76. The lowest BCUT2D eigenvalue weighted by Gasteiger charge is -2.36. The number of hydrogen-bond donors (Lipinski definition) is 1. The highest BCUT2D eigenvalue weighted by molar-refractivity contribution is 6.23. The Morgan fingerprint density at radius 1 is 1.03 bits per heavy atom. The van der Waals surface area contributed by atoms with Gasteiger partial charge in [0.25, 0.3) is 11.8 Å². The van der Waals surface area contributed by atoms with Crippen molar-refractivity contribution in [1.29, 1.82) is 0 Å². The van der Waals surface area contributed by atoms with E-state index >= 15 is 0 Å². The van der Waals surface area contributed by atoms with Crippen molar-refractivity contribution in [2.45, 2.75) is 25.3 Å². The third-order valence-corrected chi connectivity index (χ3v) is 5.73. The van der Waals surface area contributed by atoms with Crippen LogP contribution in [-0.2, 0) is 9.59 Å². The van der Waals surface area contributed by atoms with E-state index in [0.717, 1.165) is 49.7 Å². The third kappa shape index (κ3) is 3.49. The molecule has 150 valence electrons. The Balaban J connectivity index is 1.50. The lowest BCUT2D eigenvalue weighted by atomic mass is 10.0. The lowest BCUT2D eigenvalue weighted by Crippen LogP contribution is -2.54. The van der Waals surface area contributed by atoms with E-state index in [1.165, 1.54) is 0 Å². The average molecular weight is 394 g/mol. The highest BCUT2D eigenvalue weighted by atomic mass is 16.2. The van der Waals surface area contributed by atoms with Crippen molar-refractivity contribution in [3.05, 3.63) is 29.3 Å². The summed E-state index contributed by atoms with van der Waals surface area (Å²) in [6.07, 6.45) is 6.32. The van der Waals surface area contributed by atoms with Crippen molar-refractivity contribution >= 4 is 29.3 Å². The van der Waals surface area contributed by atoms with Crippen LogP contribution in [0.5, 0.6) is 0 Å². The maximum Gasteiger partial charge on any atom is 0.262 e. The molecule has 0 aliphatic carbocycles.